The topological polar surface area (TPSA) is 102 Å². The molecule has 0 aliphatic heterocycles. The van der Waals surface area contributed by atoms with E-state index in [1.165, 1.54) is 30.2 Å². The summed E-state index contributed by atoms with van der Waals surface area (Å²) in [5, 5.41) is 14.4. The Morgan fingerprint density at radius 1 is 1.00 bits per heavy atom. The van der Waals surface area contributed by atoms with Crippen LogP contribution in [0.5, 0.6) is 11.5 Å². The zero-order chi connectivity index (χ0) is 22.2. The predicted molar refractivity (Wildman–Crippen MR) is 123 cm³/mol. The number of nitrogens with one attached hydrogen (secondary N) is 2. The predicted octanol–water partition coefficient (Wildman–Crippen LogP) is 4.12. The van der Waals surface area contributed by atoms with Gasteiger partial charge >= 0.3 is 0 Å². The van der Waals surface area contributed by atoms with E-state index < -0.39 is 0 Å². The molecule has 0 saturated heterocycles. The van der Waals surface area contributed by atoms with Crippen LogP contribution in [-0.4, -0.2) is 42.0 Å². The van der Waals surface area contributed by atoms with Crippen LogP contribution in [0.3, 0.4) is 0 Å². The number of carbonyl (C=O) groups excluding carboxylic acids is 2. The Labute approximate surface area is 192 Å². The van der Waals surface area contributed by atoms with Crippen molar-refractivity contribution in [1.29, 1.82) is 0 Å². The number of amides is 2. The molecular formula is C20H19ClN4O4S2. The number of anilines is 2. The van der Waals surface area contributed by atoms with E-state index in [0.717, 1.165) is 5.56 Å². The van der Waals surface area contributed by atoms with E-state index in [4.69, 9.17) is 21.1 Å². The molecule has 2 amide bonds. The van der Waals surface area contributed by atoms with Crippen LogP contribution in [0.1, 0.15) is 5.56 Å². The number of methoxy groups -OCH3 is 2. The highest BCUT2D eigenvalue weighted by Crippen LogP contribution is 2.28. The van der Waals surface area contributed by atoms with Gasteiger partial charge in [-0.25, -0.2) is 0 Å². The Bertz CT molecular complexity index is 1060. The summed E-state index contributed by atoms with van der Waals surface area (Å²) >= 11 is 8.27. The third-order valence-corrected chi connectivity index (χ3v) is 6.14. The largest absolute Gasteiger partial charge is 0.493 e. The Morgan fingerprint density at radius 2 is 1.74 bits per heavy atom. The molecule has 2 aromatic carbocycles. The third-order valence-electron chi connectivity index (χ3n) is 3.92. The molecule has 0 radical (unpaired) electrons. The normalized spacial score (nSPS) is 10.4. The third kappa shape index (κ3) is 6.84. The van der Waals surface area contributed by atoms with Crippen LogP contribution in [0, 0.1) is 0 Å². The van der Waals surface area contributed by atoms with Crippen LogP contribution in [0.4, 0.5) is 10.8 Å². The summed E-state index contributed by atoms with van der Waals surface area (Å²) < 4.78 is 11.0. The van der Waals surface area contributed by atoms with Crippen LogP contribution in [0.2, 0.25) is 5.02 Å². The monoisotopic (exact) mass is 478 g/mol. The zero-order valence-electron chi connectivity index (χ0n) is 16.7. The summed E-state index contributed by atoms with van der Waals surface area (Å²) in [6.07, 6.45) is 0.145. The van der Waals surface area contributed by atoms with Gasteiger partial charge < -0.3 is 20.1 Å². The first kappa shape index (κ1) is 22.9. The molecule has 1 aromatic heterocycles. The molecule has 162 valence electrons. The molecule has 0 fully saturated rings. The first-order valence-electron chi connectivity index (χ1n) is 8.99. The van der Waals surface area contributed by atoms with E-state index in [-0.39, 0.29) is 24.0 Å². The lowest BCUT2D eigenvalue weighted by Crippen LogP contribution is -2.14. The lowest BCUT2D eigenvalue weighted by molar-refractivity contribution is -0.115. The van der Waals surface area contributed by atoms with Gasteiger partial charge in [-0.2, -0.15) is 0 Å². The molecule has 0 aliphatic carbocycles. The minimum Gasteiger partial charge on any atom is -0.493 e. The van der Waals surface area contributed by atoms with Crippen molar-refractivity contribution in [2.75, 3.05) is 30.6 Å². The van der Waals surface area contributed by atoms with Gasteiger partial charge in [-0.1, -0.05) is 40.8 Å². The van der Waals surface area contributed by atoms with Crippen LogP contribution in [-0.2, 0) is 16.0 Å². The summed E-state index contributed by atoms with van der Waals surface area (Å²) in [5.74, 6) is 0.899. The molecule has 3 aromatic rings. The van der Waals surface area contributed by atoms with Crippen molar-refractivity contribution >= 4 is 57.3 Å². The summed E-state index contributed by atoms with van der Waals surface area (Å²) in [6, 6.07) is 12.1. The smallest absolute Gasteiger partial charge is 0.234 e. The molecule has 2 N–H and O–H groups in total. The van der Waals surface area contributed by atoms with Crippen molar-refractivity contribution in [3.05, 3.63) is 53.1 Å². The first-order chi connectivity index (χ1) is 15.0. The molecule has 8 nitrogen and oxygen atoms in total. The lowest BCUT2D eigenvalue weighted by Gasteiger charge is -2.09. The van der Waals surface area contributed by atoms with Crippen molar-refractivity contribution in [3.8, 4) is 11.5 Å². The van der Waals surface area contributed by atoms with E-state index in [1.54, 1.807) is 49.6 Å². The highest BCUT2D eigenvalue weighted by molar-refractivity contribution is 8.01. The van der Waals surface area contributed by atoms with Crippen LogP contribution in [0.25, 0.3) is 0 Å². The molecule has 0 atom stereocenters. The average molecular weight is 479 g/mol. The van der Waals surface area contributed by atoms with Gasteiger partial charge in [0.2, 0.25) is 16.9 Å². The average Bonchev–Trinajstić information content (AvgIpc) is 3.21. The van der Waals surface area contributed by atoms with E-state index in [9.17, 15) is 9.59 Å². The number of hydrogen-bond acceptors (Lipinski definition) is 8. The number of halogens is 1. The number of carbonyl (C=O) groups is 2. The minimum absolute atomic E-state index is 0.145. The fraction of sp³-hybridized carbons (Fsp3) is 0.200. The Balaban J connectivity index is 1.48. The number of benzene rings is 2. The number of aromatic nitrogens is 2. The van der Waals surface area contributed by atoms with Crippen molar-refractivity contribution < 1.29 is 19.1 Å². The number of thioether (sulfide) groups is 1. The minimum atomic E-state index is -0.236. The molecule has 11 heteroatoms. The van der Waals surface area contributed by atoms with E-state index in [1.807, 2.05) is 0 Å². The highest BCUT2D eigenvalue weighted by atomic mass is 35.5. The van der Waals surface area contributed by atoms with Crippen molar-refractivity contribution in [2.45, 2.75) is 10.8 Å². The van der Waals surface area contributed by atoms with Crippen molar-refractivity contribution in [3.63, 3.8) is 0 Å². The molecule has 1 heterocycles. The van der Waals surface area contributed by atoms with Gasteiger partial charge in [0.15, 0.2) is 15.8 Å². The molecule has 3 rings (SSSR count). The molecular weight excluding hydrogens is 460 g/mol. The fourth-order valence-corrected chi connectivity index (χ4v) is 4.21. The second kappa shape index (κ2) is 11.0. The number of nitrogens with zero attached hydrogens (tertiary/aromatic N) is 2. The molecule has 0 saturated carbocycles. The van der Waals surface area contributed by atoms with Gasteiger partial charge in [-0.3, -0.25) is 9.59 Å². The van der Waals surface area contributed by atoms with Gasteiger partial charge in [0, 0.05) is 10.7 Å². The number of ether oxygens (including phenoxy) is 2. The maximum Gasteiger partial charge on any atom is 0.234 e. The molecule has 0 spiro atoms. The Kier molecular flexibility index (Phi) is 8.10. The summed E-state index contributed by atoms with van der Waals surface area (Å²) in [7, 11) is 3.09. The van der Waals surface area contributed by atoms with Crippen molar-refractivity contribution in [2.24, 2.45) is 0 Å². The van der Waals surface area contributed by atoms with Crippen molar-refractivity contribution in [1.82, 2.24) is 10.2 Å². The summed E-state index contributed by atoms with van der Waals surface area (Å²) in [5.41, 5.74) is 1.43. The maximum absolute atomic E-state index is 12.3. The van der Waals surface area contributed by atoms with Gasteiger partial charge in [0.25, 0.3) is 0 Å². The fourth-order valence-electron chi connectivity index (χ4n) is 2.52. The lowest BCUT2D eigenvalue weighted by atomic mass is 10.1. The van der Waals surface area contributed by atoms with Gasteiger partial charge in [0.1, 0.15) is 0 Å². The van der Waals surface area contributed by atoms with Gasteiger partial charge in [-0.15, -0.1) is 10.2 Å². The SMILES string of the molecule is COc1ccc(CC(=O)Nc2nnc(SCC(=O)Nc3ccc(Cl)cc3)s2)cc1OC. The first-order valence-corrected chi connectivity index (χ1v) is 11.2. The Morgan fingerprint density at radius 3 is 2.45 bits per heavy atom. The van der Waals surface area contributed by atoms with E-state index >= 15 is 0 Å². The number of rotatable bonds is 9. The van der Waals surface area contributed by atoms with E-state index in [2.05, 4.69) is 20.8 Å². The molecule has 0 bridgehead atoms. The quantitative estimate of drug-likeness (QED) is 0.352. The van der Waals surface area contributed by atoms with Crippen LogP contribution >= 0.6 is 34.7 Å². The number of hydrogen-bond donors (Lipinski definition) is 2. The van der Waals surface area contributed by atoms with E-state index in [0.29, 0.717) is 31.7 Å². The summed E-state index contributed by atoms with van der Waals surface area (Å²) in [6.45, 7) is 0. The summed E-state index contributed by atoms with van der Waals surface area (Å²) in [4.78, 5) is 24.4. The highest BCUT2D eigenvalue weighted by Gasteiger charge is 2.13. The second-order valence-corrected chi connectivity index (χ2v) is 8.77. The van der Waals surface area contributed by atoms with Crippen LogP contribution < -0.4 is 20.1 Å². The zero-order valence-corrected chi connectivity index (χ0v) is 19.1. The Hall–Kier alpha value is -2.82. The molecule has 0 unspecified atom stereocenters. The maximum atomic E-state index is 12.3. The van der Waals surface area contributed by atoms with Gasteiger partial charge in [-0.05, 0) is 42.0 Å². The second-order valence-electron chi connectivity index (χ2n) is 6.13. The standard InChI is InChI=1S/C20H19ClN4O4S2/c1-28-15-8-3-12(9-16(15)29-2)10-17(26)23-19-24-25-20(31-19)30-11-18(27)22-14-6-4-13(21)5-7-14/h3-9H,10-11H2,1-2H3,(H,22,27)(H,23,24,26). The molecule has 31 heavy (non-hydrogen) atoms. The molecule has 0 aliphatic rings. The van der Waals surface area contributed by atoms with Gasteiger partial charge in [0.05, 0.1) is 26.4 Å². The van der Waals surface area contributed by atoms with Crippen LogP contribution in [0.15, 0.2) is 46.8 Å².